The third-order valence-corrected chi connectivity index (χ3v) is 4.76. The second-order valence-corrected chi connectivity index (χ2v) is 8.45. The van der Waals surface area contributed by atoms with Crippen LogP contribution >= 0.6 is 0 Å². The SMILES string of the molecule is CCOC(=O)c1cn(-c2nc(NC(C)(C)C)c(F)cc2F)c2c(C)c([N+](=O)[O-])c(F)cc2c1=O. The van der Waals surface area contributed by atoms with Crippen LogP contribution in [0.25, 0.3) is 16.7 Å². The van der Waals surface area contributed by atoms with Crippen LogP contribution in [0.1, 0.15) is 43.6 Å². The van der Waals surface area contributed by atoms with Crippen LogP contribution in [-0.2, 0) is 4.74 Å². The highest BCUT2D eigenvalue weighted by Gasteiger charge is 2.28. The molecule has 3 aromatic rings. The number of carbonyl (C=O) groups excluding carboxylic acids is 1. The van der Waals surface area contributed by atoms with Crippen molar-refractivity contribution >= 4 is 28.4 Å². The molecule has 34 heavy (non-hydrogen) atoms. The molecule has 0 aliphatic carbocycles. The van der Waals surface area contributed by atoms with Gasteiger partial charge in [-0.1, -0.05) is 0 Å². The molecule has 0 radical (unpaired) electrons. The highest BCUT2D eigenvalue weighted by molar-refractivity contribution is 5.96. The molecule has 0 bridgehead atoms. The molecule has 0 saturated heterocycles. The molecule has 2 heterocycles. The number of hydrogen-bond donors (Lipinski definition) is 1. The topological polar surface area (TPSA) is 116 Å². The monoisotopic (exact) mass is 478 g/mol. The molecular weight excluding hydrogens is 457 g/mol. The number of aromatic nitrogens is 2. The van der Waals surface area contributed by atoms with Crippen molar-refractivity contribution in [2.75, 3.05) is 11.9 Å². The number of benzene rings is 1. The van der Waals surface area contributed by atoms with Crippen molar-refractivity contribution in [1.82, 2.24) is 9.55 Å². The first-order chi connectivity index (χ1) is 15.8. The van der Waals surface area contributed by atoms with Crippen molar-refractivity contribution in [2.24, 2.45) is 0 Å². The lowest BCUT2D eigenvalue weighted by molar-refractivity contribution is -0.388. The molecule has 12 heteroatoms. The smallest absolute Gasteiger partial charge is 0.343 e. The molecule has 9 nitrogen and oxygen atoms in total. The zero-order valence-corrected chi connectivity index (χ0v) is 19.0. The zero-order chi connectivity index (χ0) is 25.5. The maximum atomic E-state index is 15.0. The molecule has 0 amide bonds. The Kier molecular flexibility index (Phi) is 6.36. The molecule has 0 spiro atoms. The number of nitro groups is 1. The Morgan fingerprint density at radius 1 is 1.21 bits per heavy atom. The van der Waals surface area contributed by atoms with Gasteiger partial charge < -0.3 is 10.1 Å². The highest BCUT2D eigenvalue weighted by atomic mass is 19.1. The number of carbonyl (C=O) groups is 1. The molecular formula is C22H21F3N4O5. The van der Waals surface area contributed by atoms with E-state index in [1.807, 2.05) is 0 Å². The normalized spacial score (nSPS) is 11.5. The van der Waals surface area contributed by atoms with Gasteiger partial charge in [0.05, 0.1) is 28.0 Å². The summed E-state index contributed by atoms with van der Waals surface area (Å²) < 4.78 is 49.7. The van der Waals surface area contributed by atoms with Crippen molar-refractivity contribution < 1.29 is 27.6 Å². The second-order valence-electron chi connectivity index (χ2n) is 8.45. The minimum atomic E-state index is -1.32. The maximum Gasteiger partial charge on any atom is 0.343 e. The van der Waals surface area contributed by atoms with Crippen LogP contribution in [-0.4, -0.2) is 32.6 Å². The fourth-order valence-electron chi connectivity index (χ4n) is 3.45. The minimum absolute atomic E-state index is 0.0905. The van der Waals surface area contributed by atoms with E-state index in [4.69, 9.17) is 4.74 Å². The van der Waals surface area contributed by atoms with E-state index in [-0.39, 0.29) is 23.5 Å². The van der Waals surface area contributed by atoms with Gasteiger partial charge in [0.2, 0.25) is 11.2 Å². The first kappa shape index (κ1) is 24.7. The van der Waals surface area contributed by atoms with Crippen LogP contribution in [0.15, 0.2) is 23.1 Å². The number of nitro benzene ring substituents is 1. The second kappa shape index (κ2) is 8.76. The summed E-state index contributed by atoms with van der Waals surface area (Å²) in [5, 5.41) is 13.8. The van der Waals surface area contributed by atoms with Crippen LogP contribution < -0.4 is 10.7 Å². The minimum Gasteiger partial charge on any atom is -0.462 e. The highest BCUT2D eigenvalue weighted by Crippen LogP contribution is 2.32. The number of anilines is 1. The average molecular weight is 478 g/mol. The number of hydrogen-bond acceptors (Lipinski definition) is 7. The van der Waals surface area contributed by atoms with Crippen molar-refractivity contribution in [1.29, 1.82) is 0 Å². The predicted molar refractivity (Wildman–Crippen MR) is 118 cm³/mol. The predicted octanol–water partition coefficient (Wildman–Crippen LogP) is 4.41. The van der Waals surface area contributed by atoms with Gasteiger partial charge in [-0.25, -0.2) is 18.6 Å². The number of nitrogens with one attached hydrogen (secondary N) is 1. The number of ether oxygens (including phenoxy) is 1. The van der Waals surface area contributed by atoms with E-state index >= 15 is 0 Å². The van der Waals surface area contributed by atoms with E-state index in [1.165, 1.54) is 13.8 Å². The van der Waals surface area contributed by atoms with Gasteiger partial charge >= 0.3 is 11.7 Å². The van der Waals surface area contributed by atoms with Gasteiger partial charge in [0.1, 0.15) is 5.56 Å². The number of halogens is 3. The third-order valence-electron chi connectivity index (χ3n) is 4.76. The summed E-state index contributed by atoms with van der Waals surface area (Å²) in [4.78, 5) is 39.8. The summed E-state index contributed by atoms with van der Waals surface area (Å²) in [7, 11) is 0. The summed E-state index contributed by atoms with van der Waals surface area (Å²) in [5.41, 5.74) is -3.77. The number of aryl methyl sites for hydroxylation is 1. The summed E-state index contributed by atoms with van der Waals surface area (Å²) in [6.07, 6.45) is 0.890. The largest absolute Gasteiger partial charge is 0.462 e. The van der Waals surface area contributed by atoms with Crippen molar-refractivity contribution in [3.8, 4) is 5.82 Å². The van der Waals surface area contributed by atoms with Gasteiger partial charge in [0, 0.05) is 17.8 Å². The van der Waals surface area contributed by atoms with Crippen molar-refractivity contribution in [3.63, 3.8) is 0 Å². The van der Waals surface area contributed by atoms with Gasteiger partial charge in [0.25, 0.3) is 0 Å². The Labute approximate surface area is 191 Å². The summed E-state index contributed by atoms with van der Waals surface area (Å²) in [6, 6.07) is 1.13. The van der Waals surface area contributed by atoms with Crippen LogP contribution in [0, 0.1) is 34.5 Å². The molecule has 0 aliphatic heterocycles. The molecule has 0 fully saturated rings. The molecule has 0 atom stereocenters. The van der Waals surface area contributed by atoms with E-state index in [0.717, 1.165) is 10.8 Å². The number of nitrogens with zero attached hydrogens (tertiary/aromatic N) is 3. The van der Waals surface area contributed by atoms with Gasteiger partial charge in [-0.2, -0.15) is 4.39 Å². The fraction of sp³-hybridized carbons (Fsp3) is 0.318. The lowest BCUT2D eigenvalue weighted by Crippen LogP contribution is -2.28. The van der Waals surface area contributed by atoms with Crippen LogP contribution in [0.5, 0.6) is 0 Å². The molecule has 0 unspecified atom stereocenters. The summed E-state index contributed by atoms with van der Waals surface area (Å²) in [5.74, 6) is -5.52. The van der Waals surface area contributed by atoms with E-state index in [2.05, 4.69) is 10.3 Å². The lowest BCUT2D eigenvalue weighted by Gasteiger charge is -2.23. The lowest BCUT2D eigenvalue weighted by atomic mass is 10.0. The van der Waals surface area contributed by atoms with Crippen molar-refractivity contribution in [3.05, 3.63) is 67.2 Å². The Bertz CT molecular complexity index is 1400. The van der Waals surface area contributed by atoms with Crippen LogP contribution in [0.3, 0.4) is 0 Å². The van der Waals surface area contributed by atoms with Gasteiger partial charge in [0.15, 0.2) is 23.3 Å². The van der Waals surface area contributed by atoms with Crippen LogP contribution in [0.4, 0.5) is 24.7 Å². The number of esters is 1. The number of rotatable bonds is 5. The molecule has 180 valence electrons. The third kappa shape index (κ3) is 4.43. The van der Waals surface area contributed by atoms with Crippen LogP contribution in [0.2, 0.25) is 0 Å². The summed E-state index contributed by atoms with van der Waals surface area (Å²) >= 11 is 0. The molecule has 0 saturated carbocycles. The number of fused-ring (bicyclic) bond motifs is 1. The first-order valence-corrected chi connectivity index (χ1v) is 10.1. The van der Waals surface area contributed by atoms with E-state index in [0.29, 0.717) is 12.1 Å². The van der Waals surface area contributed by atoms with Gasteiger partial charge in [-0.05, 0) is 40.7 Å². The maximum absolute atomic E-state index is 15.0. The zero-order valence-electron chi connectivity index (χ0n) is 19.0. The standard InChI is InChI=1S/C22H21F3N4O5/c1-6-34-21(31)12-9-28(20-15(25)8-14(24)19(26-20)27-22(3,4)5)16-10(2)17(29(32)33)13(23)7-11(16)18(12)30/h7-9H,6H2,1-5H3,(H,26,27). The Morgan fingerprint density at radius 3 is 2.41 bits per heavy atom. The Morgan fingerprint density at radius 2 is 1.85 bits per heavy atom. The van der Waals surface area contributed by atoms with Crippen molar-refractivity contribution in [2.45, 2.75) is 40.2 Å². The molecule has 1 N–H and O–H groups in total. The molecule has 3 rings (SSSR count). The summed E-state index contributed by atoms with van der Waals surface area (Å²) in [6.45, 7) is 7.70. The first-order valence-electron chi connectivity index (χ1n) is 10.1. The quantitative estimate of drug-likeness (QED) is 0.328. The van der Waals surface area contributed by atoms with E-state index in [9.17, 15) is 32.9 Å². The Balaban J connectivity index is 2.51. The number of pyridine rings is 2. The van der Waals surface area contributed by atoms with E-state index < -0.39 is 61.8 Å². The molecule has 0 aliphatic rings. The average Bonchev–Trinajstić information content (AvgIpc) is 2.70. The van der Waals surface area contributed by atoms with E-state index in [1.54, 1.807) is 20.8 Å². The fourth-order valence-corrected chi connectivity index (χ4v) is 3.45. The molecule has 2 aromatic heterocycles. The van der Waals surface area contributed by atoms with Gasteiger partial charge in [-0.3, -0.25) is 19.5 Å². The van der Waals surface area contributed by atoms with Gasteiger partial charge in [-0.15, -0.1) is 0 Å². The Hall–Kier alpha value is -3.96. The molecule has 1 aromatic carbocycles.